The summed E-state index contributed by atoms with van der Waals surface area (Å²) < 4.78 is 5.12. The third-order valence-corrected chi connectivity index (χ3v) is 4.54. The van der Waals surface area contributed by atoms with Crippen LogP contribution < -0.4 is 5.32 Å². The number of nitro benzene ring substituents is 1. The average Bonchev–Trinajstić information content (AvgIpc) is 3.08. The normalized spacial score (nSPS) is 15.8. The van der Waals surface area contributed by atoms with Crippen LogP contribution in [0.25, 0.3) is 0 Å². The predicted octanol–water partition coefficient (Wildman–Crippen LogP) is 1.78. The van der Waals surface area contributed by atoms with Crippen molar-refractivity contribution in [1.29, 1.82) is 0 Å². The lowest BCUT2D eigenvalue weighted by Gasteiger charge is -2.36. The quantitative estimate of drug-likeness (QED) is 0.370. The van der Waals surface area contributed by atoms with Gasteiger partial charge in [0.2, 0.25) is 0 Å². The second-order valence-electron chi connectivity index (χ2n) is 6.52. The molecule has 0 spiro atoms. The zero-order valence-electron chi connectivity index (χ0n) is 15.6. The van der Waals surface area contributed by atoms with Gasteiger partial charge in [-0.15, -0.1) is 0 Å². The zero-order valence-corrected chi connectivity index (χ0v) is 15.6. The minimum Gasteiger partial charge on any atom is -0.361 e. The van der Waals surface area contributed by atoms with E-state index in [2.05, 4.69) is 25.3 Å². The molecule has 0 atom stereocenters. The fourth-order valence-corrected chi connectivity index (χ4v) is 3.09. The standard InChI is InChI=1S/C18H24N6O3/c1-14-11-16(21-27-14)13-22-7-9-23(10-8-22)18(19-2)20-12-15-3-5-17(6-4-15)24(25)26/h3-6,11H,7-10,12-13H2,1-2H3,(H,19,20). The molecule has 1 aromatic heterocycles. The summed E-state index contributed by atoms with van der Waals surface area (Å²) in [5, 5.41) is 18.1. The largest absolute Gasteiger partial charge is 0.361 e. The maximum absolute atomic E-state index is 10.7. The molecule has 27 heavy (non-hydrogen) atoms. The van der Waals surface area contributed by atoms with Crippen molar-refractivity contribution in [2.45, 2.75) is 20.0 Å². The van der Waals surface area contributed by atoms with Gasteiger partial charge < -0.3 is 14.7 Å². The number of nitro groups is 1. The summed E-state index contributed by atoms with van der Waals surface area (Å²) in [6.45, 7) is 6.85. The SMILES string of the molecule is CN=C(NCc1ccc([N+](=O)[O-])cc1)N1CCN(Cc2cc(C)on2)CC1. The van der Waals surface area contributed by atoms with Crippen LogP contribution in [0.1, 0.15) is 17.0 Å². The number of piperazine rings is 1. The molecule has 1 aliphatic rings. The number of aromatic nitrogens is 1. The van der Waals surface area contributed by atoms with E-state index in [-0.39, 0.29) is 5.69 Å². The number of hydrogen-bond donors (Lipinski definition) is 1. The van der Waals surface area contributed by atoms with Gasteiger partial charge in [-0.1, -0.05) is 17.3 Å². The summed E-state index contributed by atoms with van der Waals surface area (Å²) in [7, 11) is 1.77. The van der Waals surface area contributed by atoms with E-state index in [1.807, 2.05) is 13.0 Å². The fraction of sp³-hybridized carbons (Fsp3) is 0.444. The second-order valence-corrected chi connectivity index (χ2v) is 6.52. The van der Waals surface area contributed by atoms with Crippen molar-refractivity contribution in [3.05, 3.63) is 57.5 Å². The van der Waals surface area contributed by atoms with E-state index < -0.39 is 4.92 Å². The fourth-order valence-electron chi connectivity index (χ4n) is 3.09. The number of hydrogen-bond acceptors (Lipinski definition) is 6. The van der Waals surface area contributed by atoms with Crippen molar-refractivity contribution in [1.82, 2.24) is 20.3 Å². The number of rotatable bonds is 5. The van der Waals surface area contributed by atoms with Crippen molar-refractivity contribution in [3.8, 4) is 0 Å². The third kappa shape index (κ3) is 5.04. The summed E-state index contributed by atoms with van der Waals surface area (Å²) >= 11 is 0. The van der Waals surface area contributed by atoms with Gasteiger partial charge in [-0.05, 0) is 12.5 Å². The maximum Gasteiger partial charge on any atom is 0.269 e. The zero-order chi connectivity index (χ0) is 19.2. The van der Waals surface area contributed by atoms with Gasteiger partial charge in [-0.2, -0.15) is 0 Å². The van der Waals surface area contributed by atoms with E-state index in [9.17, 15) is 10.1 Å². The first kappa shape index (κ1) is 18.8. The Balaban J connectivity index is 1.48. The van der Waals surface area contributed by atoms with Crippen molar-refractivity contribution in [3.63, 3.8) is 0 Å². The van der Waals surface area contributed by atoms with Gasteiger partial charge in [-0.3, -0.25) is 20.0 Å². The summed E-state index contributed by atoms with van der Waals surface area (Å²) in [4.78, 5) is 19.3. The van der Waals surface area contributed by atoms with Crippen LogP contribution in [0.15, 0.2) is 39.8 Å². The van der Waals surface area contributed by atoms with Crippen LogP contribution in [0.5, 0.6) is 0 Å². The van der Waals surface area contributed by atoms with E-state index in [0.29, 0.717) is 6.54 Å². The molecule has 0 amide bonds. The smallest absolute Gasteiger partial charge is 0.269 e. The van der Waals surface area contributed by atoms with Crippen LogP contribution in [0, 0.1) is 17.0 Å². The van der Waals surface area contributed by atoms with E-state index in [1.54, 1.807) is 19.2 Å². The Morgan fingerprint density at radius 1 is 1.30 bits per heavy atom. The molecule has 2 heterocycles. The Hall–Kier alpha value is -2.94. The Morgan fingerprint density at radius 2 is 2.00 bits per heavy atom. The van der Waals surface area contributed by atoms with E-state index >= 15 is 0 Å². The molecule has 9 nitrogen and oxygen atoms in total. The Bertz CT molecular complexity index is 794. The first-order chi connectivity index (χ1) is 13.0. The van der Waals surface area contributed by atoms with Gasteiger partial charge in [0.25, 0.3) is 5.69 Å². The molecule has 0 saturated carbocycles. The van der Waals surface area contributed by atoms with E-state index in [4.69, 9.17) is 4.52 Å². The Labute approximate surface area is 157 Å². The van der Waals surface area contributed by atoms with Crippen LogP contribution in [0.4, 0.5) is 5.69 Å². The van der Waals surface area contributed by atoms with E-state index in [1.165, 1.54) is 12.1 Å². The highest BCUT2D eigenvalue weighted by Crippen LogP contribution is 2.12. The molecular weight excluding hydrogens is 348 g/mol. The first-order valence-electron chi connectivity index (χ1n) is 8.88. The number of non-ortho nitro benzene ring substituents is 1. The molecular formula is C18H24N6O3. The second kappa shape index (κ2) is 8.63. The van der Waals surface area contributed by atoms with Crippen LogP contribution in [0.3, 0.4) is 0 Å². The molecule has 1 fully saturated rings. The van der Waals surface area contributed by atoms with Gasteiger partial charge in [0, 0.05) is 64.5 Å². The van der Waals surface area contributed by atoms with Gasteiger partial charge in [0.05, 0.1) is 10.6 Å². The third-order valence-electron chi connectivity index (χ3n) is 4.54. The molecule has 0 bridgehead atoms. The van der Waals surface area contributed by atoms with Crippen LogP contribution >= 0.6 is 0 Å². The molecule has 144 valence electrons. The predicted molar refractivity (Wildman–Crippen MR) is 101 cm³/mol. The number of aryl methyl sites for hydroxylation is 1. The maximum atomic E-state index is 10.7. The molecule has 9 heteroatoms. The highest BCUT2D eigenvalue weighted by atomic mass is 16.6. The highest BCUT2D eigenvalue weighted by molar-refractivity contribution is 5.80. The minimum atomic E-state index is -0.393. The van der Waals surface area contributed by atoms with Crippen LogP contribution in [-0.2, 0) is 13.1 Å². The molecule has 1 aromatic carbocycles. The molecule has 3 rings (SSSR count). The highest BCUT2D eigenvalue weighted by Gasteiger charge is 2.20. The van der Waals surface area contributed by atoms with E-state index in [0.717, 1.165) is 55.7 Å². The Morgan fingerprint density at radius 3 is 2.56 bits per heavy atom. The van der Waals surface area contributed by atoms with Crippen LogP contribution in [-0.4, -0.2) is 59.1 Å². The van der Waals surface area contributed by atoms with Crippen molar-refractivity contribution < 1.29 is 9.45 Å². The van der Waals surface area contributed by atoms with Gasteiger partial charge >= 0.3 is 0 Å². The lowest BCUT2D eigenvalue weighted by atomic mass is 10.2. The molecule has 0 unspecified atom stereocenters. The Kier molecular flexibility index (Phi) is 6.02. The van der Waals surface area contributed by atoms with Crippen molar-refractivity contribution in [2.24, 2.45) is 4.99 Å². The number of guanidine groups is 1. The van der Waals surface area contributed by atoms with Crippen molar-refractivity contribution in [2.75, 3.05) is 33.2 Å². The summed E-state index contributed by atoms with van der Waals surface area (Å²) in [5.74, 6) is 1.67. The minimum absolute atomic E-state index is 0.0987. The molecule has 1 saturated heterocycles. The monoisotopic (exact) mass is 372 g/mol. The molecule has 2 aromatic rings. The van der Waals surface area contributed by atoms with Crippen LogP contribution in [0.2, 0.25) is 0 Å². The number of benzene rings is 1. The van der Waals surface area contributed by atoms with Crippen molar-refractivity contribution >= 4 is 11.6 Å². The summed E-state index contributed by atoms with van der Waals surface area (Å²) in [6, 6.07) is 8.53. The van der Waals surface area contributed by atoms with Gasteiger partial charge in [-0.25, -0.2) is 0 Å². The topological polar surface area (TPSA) is 100 Å². The molecule has 0 radical (unpaired) electrons. The number of nitrogens with one attached hydrogen (secondary N) is 1. The molecule has 1 aliphatic heterocycles. The number of nitrogens with zero attached hydrogens (tertiary/aromatic N) is 5. The molecule has 0 aliphatic carbocycles. The number of aliphatic imine (C=N–C) groups is 1. The van der Waals surface area contributed by atoms with Gasteiger partial charge in [0.1, 0.15) is 5.76 Å². The summed E-state index contributed by atoms with van der Waals surface area (Å²) in [6.07, 6.45) is 0. The summed E-state index contributed by atoms with van der Waals surface area (Å²) in [5.41, 5.74) is 2.03. The first-order valence-corrected chi connectivity index (χ1v) is 8.88. The lowest BCUT2D eigenvalue weighted by Crippen LogP contribution is -2.52. The average molecular weight is 372 g/mol. The molecule has 1 N–H and O–H groups in total. The lowest BCUT2D eigenvalue weighted by molar-refractivity contribution is -0.384. The van der Waals surface area contributed by atoms with Gasteiger partial charge in [0.15, 0.2) is 5.96 Å².